The Morgan fingerprint density at radius 3 is 2.60 bits per heavy atom. The Morgan fingerprint density at radius 1 is 1.40 bits per heavy atom. The Morgan fingerprint density at radius 2 is 2.10 bits per heavy atom. The van der Waals surface area contributed by atoms with Crippen LogP contribution in [0.15, 0.2) is 0 Å². The van der Waals surface area contributed by atoms with E-state index in [4.69, 9.17) is 14.9 Å². The van der Waals surface area contributed by atoms with Crippen molar-refractivity contribution >= 4 is 0 Å². The van der Waals surface area contributed by atoms with E-state index < -0.39 is 0 Å². The van der Waals surface area contributed by atoms with E-state index in [2.05, 4.69) is 0 Å². The molecule has 1 unspecified atom stereocenters. The molecule has 0 heterocycles. The fourth-order valence-corrected chi connectivity index (χ4v) is 0.767. The van der Waals surface area contributed by atoms with E-state index in [1.165, 1.54) is 0 Å². The molecule has 1 atom stereocenters. The van der Waals surface area contributed by atoms with Crippen LogP contribution in [0.25, 0.3) is 0 Å². The van der Waals surface area contributed by atoms with Crippen LogP contribution in [0.2, 0.25) is 0 Å². The highest BCUT2D eigenvalue weighted by Gasteiger charge is 2.01. The van der Waals surface area contributed by atoms with Gasteiger partial charge in [-0.3, -0.25) is 0 Å². The van der Waals surface area contributed by atoms with Gasteiger partial charge in [-0.2, -0.15) is 0 Å². The van der Waals surface area contributed by atoms with Crippen molar-refractivity contribution in [3.63, 3.8) is 0 Å². The molecule has 0 aliphatic carbocycles. The molecule has 0 saturated carbocycles. The molecule has 0 aromatic rings. The average Bonchev–Trinajstić information content (AvgIpc) is 1.89. The van der Waals surface area contributed by atoms with Crippen LogP contribution in [-0.4, -0.2) is 36.6 Å². The van der Waals surface area contributed by atoms with E-state index in [0.717, 1.165) is 12.8 Å². The van der Waals surface area contributed by atoms with Crippen molar-refractivity contribution in [1.82, 2.24) is 0 Å². The lowest BCUT2D eigenvalue weighted by molar-refractivity contribution is 0.0568. The van der Waals surface area contributed by atoms with Crippen LogP contribution >= 0.6 is 0 Å². The summed E-state index contributed by atoms with van der Waals surface area (Å²) in [5, 5.41) is 17.5. The van der Waals surface area contributed by atoms with Gasteiger partial charge in [-0.05, 0) is 19.3 Å². The highest BCUT2D eigenvalue weighted by Crippen LogP contribution is 1.99. The molecule has 0 fully saturated rings. The summed E-state index contributed by atoms with van der Waals surface area (Å²) in [5.74, 6) is 0. The fourth-order valence-electron chi connectivity index (χ4n) is 0.767. The molecule has 0 aliphatic rings. The molecule has 10 heavy (non-hydrogen) atoms. The Labute approximate surface area is 61.6 Å². The molecule has 3 nitrogen and oxygen atoms in total. The summed E-state index contributed by atoms with van der Waals surface area (Å²) < 4.78 is 4.72. The second-order valence-corrected chi connectivity index (χ2v) is 2.33. The van der Waals surface area contributed by atoms with Crippen molar-refractivity contribution in [2.75, 3.05) is 20.3 Å². The van der Waals surface area contributed by atoms with E-state index in [1.54, 1.807) is 7.11 Å². The minimum atomic E-state index is -0.364. The van der Waals surface area contributed by atoms with Gasteiger partial charge in [0, 0.05) is 13.7 Å². The number of rotatable bonds is 6. The number of hydrogen-bond acceptors (Lipinski definition) is 3. The van der Waals surface area contributed by atoms with Crippen molar-refractivity contribution in [2.24, 2.45) is 0 Å². The Bertz CT molecular complexity index is 65.9. The Balaban J connectivity index is 2.97. The zero-order valence-corrected chi connectivity index (χ0v) is 6.42. The summed E-state index contributed by atoms with van der Waals surface area (Å²) in [6.45, 7) is 0.602. The molecule has 0 aromatic heterocycles. The molecule has 0 rings (SSSR count). The summed E-state index contributed by atoms with van der Waals surface area (Å²) in [6.07, 6.45) is 1.98. The smallest absolute Gasteiger partial charge is 0.0773 e. The molecule has 62 valence electrons. The third-order valence-electron chi connectivity index (χ3n) is 1.30. The van der Waals surface area contributed by atoms with E-state index in [-0.39, 0.29) is 12.7 Å². The van der Waals surface area contributed by atoms with Crippen LogP contribution in [0.1, 0.15) is 19.3 Å². The summed E-state index contributed by atoms with van der Waals surface area (Å²) in [5.41, 5.74) is 0. The monoisotopic (exact) mass is 148 g/mol. The van der Waals surface area contributed by atoms with E-state index in [1.807, 2.05) is 0 Å². The number of unbranched alkanes of at least 4 members (excludes halogenated alkanes) is 1. The minimum absolute atomic E-state index is 0.208. The van der Waals surface area contributed by atoms with Crippen molar-refractivity contribution in [3.8, 4) is 0 Å². The maximum atomic E-state index is 9.07. The summed E-state index contributed by atoms with van der Waals surface area (Å²) in [6, 6.07) is 0. The first kappa shape index (κ1) is 9.88. The lowest BCUT2D eigenvalue weighted by atomic mass is 10.2. The molecule has 0 aliphatic heterocycles. The number of aliphatic hydroxyl groups is 2. The van der Waals surface area contributed by atoms with Crippen molar-refractivity contribution < 1.29 is 14.9 Å². The summed E-state index contributed by atoms with van der Waals surface area (Å²) >= 11 is 0. The second-order valence-electron chi connectivity index (χ2n) is 2.33. The van der Waals surface area contributed by atoms with Gasteiger partial charge >= 0.3 is 0 Å². The number of aliphatic hydroxyl groups excluding tert-OH is 2. The van der Waals surface area contributed by atoms with E-state index in [9.17, 15) is 0 Å². The van der Waals surface area contributed by atoms with Crippen LogP contribution < -0.4 is 0 Å². The Kier molecular flexibility index (Phi) is 6.91. The summed E-state index contributed by atoms with van der Waals surface area (Å²) in [4.78, 5) is 0. The quantitative estimate of drug-likeness (QED) is 0.527. The highest BCUT2D eigenvalue weighted by atomic mass is 16.5. The molecule has 0 spiro atoms. The molecular weight excluding hydrogens is 132 g/mol. The maximum absolute atomic E-state index is 9.07. The molecular formula is C7H16O3. The van der Waals surface area contributed by atoms with Crippen LogP contribution in [0, 0.1) is 0 Å². The number of methoxy groups -OCH3 is 1. The van der Waals surface area contributed by atoms with Crippen LogP contribution in [0.3, 0.4) is 0 Å². The standard InChI is InChI=1S/C7H16O3/c1-10-6-7(9)4-2-3-5-8/h7-9H,2-6H2,1H3. The minimum Gasteiger partial charge on any atom is -0.396 e. The third-order valence-corrected chi connectivity index (χ3v) is 1.30. The Hall–Kier alpha value is -0.120. The predicted molar refractivity (Wildman–Crippen MR) is 38.8 cm³/mol. The zero-order valence-electron chi connectivity index (χ0n) is 6.42. The SMILES string of the molecule is COCC(O)CCCCO. The lowest BCUT2D eigenvalue weighted by Gasteiger charge is -2.07. The normalized spacial score (nSPS) is 13.5. The van der Waals surface area contributed by atoms with Crippen LogP contribution in [0.4, 0.5) is 0 Å². The van der Waals surface area contributed by atoms with Crippen LogP contribution in [-0.2, 0) is 4.74 Å². The summed E-state index contributed by atoms with van der Waals surface area (Å²) in [7, 11) is 1.56. The first-order chi connectivity index (χ1) is 4.81. The van der Waals surface area contributed by atoms with Crippen molar-refractivity contribution in [1.29, 1.82) is 0 Å². The topological polar surface area (TPSA) is 49.7 Å². The van der Waals surface area contributed by atoms with Gasteiger partial charge < -0.3 is 14.9 Å². The second kappa shape index (κ2) is 6.99. The molecule has 0 saturated heterocycles. The number of ether oxygens (including phenoxy) is 1. The van der Waals surface area contributed by atoms with Gasteiger partial charge in [0.25, 0.3) is 0 Å². The van der Waals surface area contributed by atoms with E-state index >= 15 is 0 Å². The van der Waals surface area contributed by atoms with Crippen LogP contribution in [0.5, 0.6) is 0 Å². The largest absolute Gasteiger partial charge is 0.396 e. The van der Waals surface area contributed by atoms with Gasteiger partial charge in [-0.25, -0.2) is 0 Å². The van der Waals surface area contributed by atoms with Crippen molar-refractivity contribution in [2.45, 2.75) is 25.4 Å². The van der Waals surface area contributed by atoms with Gasteiger partial charge in [0.2, 0.25) is 0 Å². The average molecular weight is 148 g/mol. The van der Waals surface area contributed by atoms with Gasteiger partial charge in [-0.1, -0.05) is 0 Å². The van der Waals surface area contributed by atoms with Gasteiger partial charge in [0.1, 0.15) is 0 Å². The molecule has 0 bridgehead atoms. The molecule has 2 N–H and O–H groups in total. The van der Waals surface area contributed by atoms with Gasteiger partial charge in [0.15, 0.2) is 0 Å². The first-order valence-corrected chi connectivity index (χ1v) is 3.59. The number of hydrogen-bond donors (Lipinski definition) is 2. The molecule has 0 amide bonds. The molecule has 0 radical (unpaired) electrons. The van der Waals surface area contributed by atoms with Crippen molar-refractivity contribution in [3.05, 3.63) is 0 Å². The molecule has 0 aromatic carbocycles. The first-order valence-electron chi connectivity index (χ1n) is 3.59. The van der Waals surface area contributed by atoms with Gasteiger partial charge in [-0.15, -0.1) is 0 Å². The third kappa shape index (κ3) is 6.01. The zero-order chi connectivity index (χ0) is 7.82. The predicted octanol–water partition coefficient (Wildman–Crippen LogP) is 0.156. The van der Waals surface area contributed by atoms with Gasteiger partial charge in [0.05, 0.1) is 12.7 Å². The lowest BCUT2D eigenvalue weighted by Crippen LogP contribution is -2.13. The maximum Gasteiger partial charge on any atom is 0.0773 e. The molecule has 3 heteroatoms. The fraction of sp³-hybridized carbons (Fsp3) is 1.00. The highest BCUT2D eigenvalue weighted by molar-refractivity contribution is 4.52. The van der Waals surface area contributed by atoms with E-state index in [0.29, 0.717) is 13.0 Å².